The first kappa shape index (κ1) is 16.8. The Morgan fingerprint density at radius 1 is 1.28 bits per heavy atom. The van der Waals surface area contributed by atoms with Gasteiger partial charge in [-0.15, -0.1) is 0 Å². The van der Waals surface area contributed by atoms with Crippen LogP contribution in [0.15, 0.2) is 52.0 Å². The van der Waals surface area contributed by atoms with Gasteiger partial charge in [-0.05, 0) is 36.2 Å². The van der Waals surface area contributed by atoms with E-state index in [0.717, 1.165) is 10.0 Å². The lowest BCUT2D eigenvalue weighted by Crippen LogP contribution is -2.18. The fraction of sp³-hybridized carbons (Fsp3) is 0.0588. The van der Waals surface area contributed by atoms with Crippen molar-refractivity contribution in [2.24, 2.45) is 5.10 Å². The van der Waals surface area contributed by atoms with Gasteiger partial charge >= 0.3 is 0 Å². The molecule has 0 unspecified atom stereocenters. The Labute approximate surface area is 151 Å². The van der Waals surface area contributed by atoms with E-state index < -0.39 is 10.8 Å². The summed E-state index contributed by atoms with van der Waals surface area (Å²) in [5.74, 6) is -0.412. The number of H-pyrrole nitrogens is 1. The third-order valence-electron chi connectivity index (χ3n) is 3.73. The van der Waals surface area contributed by atoms with Gasteiger partial charge in [-0.25, -0.2) is 5.43 Å². The molecule has 0 radical (unpaired) electrons. The molecule has 3 rings (SSSR count). The van der Waals surface area contributed by atoms with Gasteiger partial charge < -0.3 is 4.98 Å². The molecular formula is C17H13BrN4O3. The summed E-state index contributed by atoms with van der Waals surface area (Å²) in [6.07, 6.45) is 1.53. The van der Waals surface area contributed by atoms with Crippen molar-refractivity contribution in [3.05, 3.63) is 73.9 Å². The predicted octanol–water partition coefficient (Wildman–Crippen LogP) is 3.91. The number of hydrazone groups is 1. The van der Waals surface area contributed by atoms with Gasteiger partial charge in [0.25, 0.3) is 11.6 Å². The Morgan fingerprint density at radius 2 is 2.00 bits per heavy atom. The first-order valence-corrected chi connectivity index (χ1v) is 8.10. The highest BCUT2D eigenvalue weighted by Crippen LogP contribution is 2.25. The number of halogens is 1. The van der Waals surface area contributed by atoms with E-state index in [-0.39, 0.29) is 5.69 Å². The predicted molar refractivity (Wildman–Crippen MR) is 98.9 cm³/mol. The van der Waals surface area contributed by atoms with E-state index in [0.29, 0.717) is 22.2 Å². The molecule has 0 saturated carbocycles. The van der Waals surface area contributed by atoms with Crippen molar-refractivity contribution in [2.45, 2.75) is 6.92 Å². The number of hydrogen-bond donors (Lipinski definition) is 2. The number of amides is 1. The van der Waals surface area contributed by atoms with E-state index >= 15 is 0 Å². The molecule has 2 N–H and O–H groups in total. The summed E-state index contributed by atoms with van der Waals surface area (Å²) in [5, 5.41) is 15.5. The molecule has 0 spiro atoms. The third kappa shape index (κ3) is 3.58. The molecular weight excluding hydrogens is 388 g/mol. The minimum Gasteiger partial charge on any atom is -0.350 e. The number of rotatable bonds is 4. The molecule has 3 aromatic rings. The number of fused-ring (bicyclic) bond motifs is 1. The van der Waals surface area contributed by atoms with E-state index in [1.807, 2.05) is 24.3 Å². The molecule has 25 heavy (non-hydrogen) atoms. The molecule has 0 bridgehead atoms. The minimum atomic E-state index is -0.464. The first-order chi connectivity index (χ1) is 12.0. The van der Waals surface area contributed by atoms with Crippen LogP contribution in [0.1, 0.15) is 21.6 Å². The molecule has 0 atom stereocenters. The summed E-state index contributed by atoms with van der Waals surface area (Å²) in [6.45, 7) is 1.73. The number of nitro benzene ring substituents is 1. The van der Waals surface area contributed by atoms with Crippen LogP contribution < -0.4 is 5.43 Å². The normalized spacial score (nSPS) is 11.1. The maximum absolute atomic E-state index is 12.3. The number of aryl methyl sites for hydroxylation is 1. The Balaban J connectivity index is 1.81. The monoisotopic (exact) mass is 400 g/mol. The SMILES string of the molecule is Cc1c(C(=O)N/N=C/c2ccc(Br)cc2)[nH]c2ccc([N+](=O)[O-])cc12. The zero-order valence-corrected chi connectivity index (χ0v) is 14.7. The molecule has 0 aliphatic carbocycles. The van der Waals surface area contributed by atoms with E-state index in [2.05, 4.69) is 31.4 Å². The molecule has 0 aliphatic rings. The smallest absolute Gasteiger partial charge is 0.288 e. The second kappa shape index (κ2) is 6.86. The van der Waals surface area contributed by atoms with Crippen LogP contribution >= 0.6 is 15.9 Å². The molecule has 2 aromatic carbocycles. The summed E-state index contributed by atoms with van der Waals surface area (Å²) >= 11 is 3.35. The number of carbonyl (C=O) groups is 1. The number of benzene rings is 2. The summed E-state index contributed by atoms with van der Waals surface area (Å²) in [5.41, 5.74) is 4.89. The highest BCUT2D eigenvalue weighted by molar-refractivity contribution is 9.10. The first-order valence-electron chi connectivity index (χ1n) is 7.31. The lowest BCUT2D eigenvalue weighted by atomic mass is 10.1. The van der Waals surface area contributed by atoms with Gasteiger partial charge in [0.05, 0.1) is 11.1 Å². The molecule has 1 amide bonds. The minimum absolute atomic E-state index is 0.0187. The molecule has 126 valence electrons. The van der Waals surface area contributed by atoms with Crippen molar-refractivity contribution in [2.75, 3.05) is 0 Å². The number of carbonyl (C=O) groups excluding carboxylic acids is 1. The number of aromatic amines is 1. The molecule has 0 fully saturated rings. The molecule has 1 aromatic heterocycles. The van der Waals surface area contributed by atoms with Crippen molar-refractivity contribution in [3.63, 3.8) is 0 Å². The Kier molecular flexibility index (Phi) is 4.62. The quantitative estimate of drug-likeness (QED) is 0.394. The Bertz CT molecular complexity index is 993. The van der Waals surface area contributed by atoms with Gasteiger partial charge in [0.1, 0.15) is 5.69 Å². The summed E-state index contributed by atoms with van der Waals surface area (Å²) in [6, 6.07) is 11.9. The summed E-state index contributed by atoms with van der Waals surface area (Å²) in [7, 11) is 0. The number of hydrogen-bond acceptors (Lipinski definition) is 4. The third-order valence-corrected chi connectivity index (χ3v) is 4.26. The maximum atomic E-state index is 12.3. The zero-order valence-electron chi connectivity index (χ0n) is 13.1. The van der Waals surface area contributed by atoms with Crippen LogP contribution in [0.2, 0.25) is 0 Å². The van der Waals surface area contributed by atoms with Crippen molar-refractivity contribution >= 4 is 44.6 Å². The van der Waals surface area contributed by atoms with Gasteiger partial charge in [-0.2, -0.15) is 5.10 Å². The van der Waals surface area contributed by atoms with Crippen LogP contribution in [0, 0.1) is 17.0 Å². The largest absolute Gasteiger partial charge is 0.350 e. The standard InChI is InChI=1S/C17H13BrN4O3/c1-10-14-8-13(22(24)25)6-7-15(14)20-16(10)17(23)21-19-9-11-2-4-12(18)5-3-11/h2-9,20H,1H3,(H,21,23)/b19-9+. The lowest BCUT2D eigenvalue weighted by molar-refractivity contribution is -0.384. The van der Waals surface area contributed by atoms with Gasteiger partial charge in [0.15, 0.2) is 0 Å². The molecule has 1 heterocycles. The molecule has 7 nitrogen and oxygen atoms in total. The van der Waals surface area contributed by atoms with Gasteiger partial charge in [-0.3, -0.25) is 14.9 Å². The average molecular weight is 401 g/mol. The van der Waals surface area contributed by atoms with Gasteiger partial charge in [-0.1, -0.05) is 28.1 Å². The lowest BCUT2D eigenvalue weighted by Gasteiger charge is -1.99. The van der Waals surface area contributed by atoms with E-state index in [1.54, 1.807) is 13.0 Å². The van der Waals surface area contributed by atoms with Crippen LogP contribution in [-0.4, -0.2) is 22.0 Å². The van der Waals surface area contributed by atoms with E-state index in [9.17, 15) is 14.9 Å². The highest BCUT2D eigenvalue weighted by atomic mass is 79.9. The number of non-ortho nitro benzene ring substituents is 1. The van der Waals surface area contributed by atoms with Crippen LogP contribution in [0.3, 0.4) is 0 Å². The van der Waals surface area contributed by atoms with Crippen LogP contribution in [0.4, 0.5) is 5.69 Å². The molecule has 8 heteroatoms. The van der Waals surface area contributed by atoms with Gasteiger partial charge in [0, 0.05) is 27.5 Å². The van der Waals surface area contributed by atoms with Crippen LogP contribution in [0.5, 0.6) is 0 Å². The zero-order chi connectivity index (χ0) is 18.0. The molecule has 0 aliphatic heterocycles. The highest BCUT2D eigenvalue weighted by Gasteiger charge is 2.16. The second-order valence-electron chi connectivity index (χ2n) is 5.36. The number of aromatic nitrogens is 1. The van der Waals surface area contributed by atoms with Crippen LogP contribution in [-0.2, 0) is 0 Å². The Hall–Kier alpha value is -3.00. The second-order valence-corrected chi connectivity index (χ2v) is 6.28. The Morgan fingerprint density at radius 3 is 2.68 bits per heavy atom. The van der Waals surface area contributed by atoms with Crippen LogP contribution in [0.25, 0.3) is 10.9 Å². The summed E-state index contributed by atoms with van der Waals surface area (Å²) in [4.78, 5) is 25.7. The average Bonchev–Trinajstić information content (AvgIpc) is 2.93. The van der Waals surface area contributed by atoms with Crippen molar-refractivity contribution in [1.29, 1.82) is 0 Å². The van der Waals surface area contributed by atoms with E-state index in [1.165, 1.54) is 18.3 Å². The molecule has 0 saturated heterocycles. The maximum Gasteiger partial charge on any atom is 0.288 e. The fourth-order valence-corrected chi connectivity index (χ4v) is 2.69. The van der Waals surface area contributed by atoms with E-state index in [4.69, 9.17) is 0 Å². The van der Waals surface area contributed by atoms with Crippen molar-refractivity contribution < 1.29 is 9.72 Å². The fourth-order valence-electron chi connectivity index (χ4n) is 2.43. The summed E-state index contributed by atoms with van der Waals surface area (Å²) < 4.78 is 0.955. The van der Waals surface area contributed by atoms with Crippen molar-refractivity contribution in [1.82, 2.24) is 10.4 Å². The number of nitrogens with one attached hydrogen (secondary N) is 2. The van der Waals surface area contributed by atoms with Crippen molar-refractivity contribution in [3.8, 4) is 0 Å². The topological polar surface area (TPSA) is 100 Å². The number of nitrogens with zero attached hydrogens (tertiary/aromatic N) is 2. The van der Waals surface area contributed by atoms with Gasteiger partial charge in [0.2, 0.25) is 0 Å². The number of nitro groups is 1.